The third kappa shape index (κ3) is 3.62. The summed E-state index contributed by atoms with van der Waals surface area (Å²) < 4.78 is 17.6. The lowest BCUT2D eigenvalue weighted by Crippen LogP contribution is -2.14. The standard InChI is InChI=1S/C24H21ClO5/c1-28-20-9-5-8-18(24(20)29-2)23-19-12-14(25)10-11-16(19)15-6-3-4-7-17(15)21(30-23)13-22(26)27/h3-12,21,23H,13H2,1-2H3,(H,26,27). The molecule has 0 bridgehead atoms. The van der Waals surface area contributed by atoms with Gasteiger partial charge in [-0.1, -0.05) is 54.1 Å². The highest BCUT2D eigenvalue weighted by atomic mass is 35.5. The van der Waals surface area contributed by atoms with Gasteiger partial charge in [-0.05, 0) is 40.5 Å². The number of carboxylic acids is 1. The molecule has 0 aromatic heterocycles. The molecule has 30 heavy (non-hydrogen) atoms. The topological polar surface area (TPSA) is 65.0 Å². The number of carbonyl (C=O) groups is 1. The zero-order valence-electron chi connectivity index (χ0n) is 16.6. The molecule has 0 amide bonds. The summed E-state index contributed by atoms with van der Waals surface area (Å²) in [6, 6.07) is 18.9. The molecule has 0 saturated heterocycles. The number of carboxylic acid groups (broad SMARTS) is 1. The fourth-order valence-corrected chi connectivity index (χ4v) is 4.19. The van der Waals surface area contributed by atoms with Gasteiger partial charge >= 0.3 is 5.97 Å². The number of hydrogen-bond acceptors (Lipinski definition) is 4. The molecule has 0 aliphatic carbocycles. The van der Waals surface area contributed by atoms with Gasteiger partial charge in [-0.2, -0.15) is 0 Å². The van der Waals surface area contributed by atoms with Crippen LogP contribution in [-0.4, -0.2) is 25.3 Å². The maximum Gasteiger partial charge on any atom is 0.306 e. The van der Waals surface area contributed by atoms with Crippen LogP contribution in [0.3, 0.4) is 0 Å². The molecule has 5 nitrogen and oxygen atoms in total. The van der Waals surface area contributed by atoms with Crippen molar-refractivity contribution < 1.29 is 24.1 Å². The molecule has 154 valence electrons. The molecule has 6 heteroatoms. The second-order valence-electron chi connectivity index (χ2n) is 7.00. The van der Waals surface area contributed by atoms with Crippen LogP contribution in [-0.2, 0) is 9.53 Å². The number of aliphatic carboxylic acids is 1. The highest BCUT2D eigenvalue weighted by molar-refractivity contribution is 6.30. The number of benzene rings is 3. The van der Waals surface area contributed by atoms with E-state index in [1.54, 1.807) is 20.3 Å². The van der Waals surface area contributed by atoms with E-state index in [1.165, 1.54) is 0 Å². The first kappa shape index (κ1) is 20.3. The quantitative estimate of drug-likeness (QED) is 0.572. The Hall–Kier alpha value is -3.02. The first-order valence-corrected chi connectivity index (χ1v) is 9.88. The fourth-order valence-electron chi connectivity index (χ4n) is 4.01. The van der Waals surface area contributed by atoms with Crippen molar-refractivity contribution in [3.63, 3.8) is 0 Å². The van der Waals surface area contributed by atoms with Crippen LogP contribution in [0, 0.1) is 0 Å². The molecule has 2 unspecified atom stereocenters. The summed E-state index contributed by atoms with van der Waals surface area (Å²) in [6.07, 6.45) is -1.41. The Morgan fingerprint density at radius 3 is 2.43 bits per heavy atom. The van der Waals surface area contributed by atoms with E-state index in [9.17, 15) is 9.90 Å². The van der Waals surface area contributed by atoms with Crippen LogP contribution in [0.1, 0.15) is 35.3 Å². The predicted octanol–water partition coefficient (Wildman–Crippen LogP) is 5.66. The summed E-state index contributed by atoms with van der Waals surface area (Å²) in [5.74, 6) is 0.171. The third-order valence-corrected chi connectivity index (χ3v) is 5.51. The number of methoxy groups -OCH3 is 2. The van der Waals surface area contributed by atoms with Crippen LogP contribution >= 0.6 is 11.6 Å². The smallest absolute Gasteiger partial charge is 0.306 e. The van der Waals surface area contributed by atoms with Gasteiger partial charge in [0.25, 0.3) is 0 Å². The van der Waals surface area contributed by atoms with Gasteiger partial charge in [0.2, 0.25) is 0 Å². The van der Waals surface area contributed by atoms with E-state index in [2.05, 4.69) is 0 Å². The predicted molar refractivity (Wildman–Crippen MR) is 114 cm³/mol. The lowest BCUT2D eigenvalue weighted by molar-refractivity contribution is -0.141. The first-order chi connectivity index (χ1) is 14.5. The van der Waals surface area contributed by atoms with Gasteiger partial charge in [0.15, 0.2) is 11.5 Å². The van der Waals surface area contributed by atoms with Crippen molar-refractivity contribution in [3.05, 3.63) is 82.4 Å². The lowest BCUT2D eigenvalue weighted by Gasteiger charge is -2.25. The molecule has 0 fully saturated rings. The minimum absolute atomic E-state index is 0.165. The van der Waals surface area contributed by atoms with Crippen molar-refractivity contribution >= 4 is 17.6 Å². The number of halogens is 1. The molecule has 1 N–H and O–H groups in total. The Labute approximate surface area is 179 Å². The molecule has 3 aromatic rings. The van der Waals surface area contributed by atoms with E-state index in [1.807, 2.05) is 54.6 Å². The number of ether oxygens (including phenoxy) is 3. The van der Waals surface area contributed by atoms with Crippen LogP contribution in [0.5, 0.6) is 11.5 Å². The summed E-state index contributed by atoms with van der Waals surface area (Å²) >= 11 is 6.36. The summed E-state index contributed by atoms with van der Waals surface area (Å²) in [5, 5.41) is 10.1. The van der Waals surface area contributed by atoms with E-state index in [4.69, 9.17) is 25.8 Å². The Kier molecular flexibility index (Phi) is 5.66. The minimum atomic E-state index is -0.935. The van der Waals surface area contributed by atoms with E-state index in [0.717, 1.165) is 27.8 Å². The van der Waals surface area contributed by atoms with E-state index in [0.29, 0.717) is 16.5 Å². The van der Waals surface area contributed by atoms with Crippen molar-refractivity contribution in [2.45, 2.75) is 18.6 Å². The van der Waals surface area contributed by atoms with Gasteiger partial charge in [-0.3, -0.25) is 4.79 Å². The second kappa shape index (κ2) is 8.38. The van der Waals surface area contributed by atoms with E-state index >= 15 is 0 Å². The van der Waals surface area contributed by atoms with Gasteiger partial charge in [0.05, 0.1) is 26.7 Å². The van der Waals surface area contributed by atoms with Crippen molar-refractivity contribution in [1.82, 2.24) is 0 Å². The van der Waals surface area contributed by atoms with Crippen LogP contribution in [0.15, 0.2) is 60.7 Å². The fraction of sp³-hybridized carbons (Fsp3) is 0.208. The Balaban J connectivity index is 1.98. The van der Waals surface area contributed by atoms with Gasteiger partial charge in [-0.15, -0.1) is 0 Å². The molecule has 0 spiro atoms. The Morgan fingerprint density at radius 2 is 1.70 bits per heavy atom. The highest BCUT2D eigenvalue weighted by Crippen LogP contribution is 2.49. The average molecular weight is 425 g/mol. The maximum absolute atomic E-state index is 11.6. The van der Waals surface area contributed by atoms with Crippen molar-refractivity contribution in [3.8, 4) is 22.6 Å². The average Bonchev–Trinajstić information content (AvgIpc) is 2.87. The first-order valence-electron chi connectivity index (χ1n) is 9.50. The molecular formula is C24H21ClO5. The van der Waals surface area contributed by atoms with Crippen molar-refractivity contribution in [2.75, 3.05) is 14.2 Å². The molecule has 2 atom stereocenters. The largest absolute Gasteiger partial charge is 0.493 e. The minimum Gasteiger partial charge on any atom is -0.493 e. The Morgan fingerprint density at radius 1 is 0.967 bits per heavy atom. The lowest BCUT2D eigenvalue weighted by atomic mass is 9.90. The van der Waals surface area contributed by atoms with Gasteiger partial charge < -0.3 is 19.3 Å². The summed E-state index contributed by atoms with van der Waals surface area (Å²) in [6.45, 7) is 0. The number of rotatable bonds is 5. The normalized spacial score (nSPS) is 17.4. The summed E-state index contributed by atoms with van der Waals surface area (Å²) in [5.41, 5.74) is 4.28. The molecule has 0 saturated carbocycles. The van der Waals surface area contributed by atoms with Gasteiger partial charge in [-0.25, -0.2) is 0 Å². The van der Waals surface area contributed by atoms with E-state index < -0.39 is 18.2 Å². The molecule has 4 rings (SSSR count). The molecule has 1 aliphatic heterocycles. The molecule has 1 aliphatic rings. The van der Waals surface area contributed by atoms with E-state index in [-0.39, 0.29) is 6.42 Å². The molecule has 1 heterocycles. The van der Waals surface area contributed by atoms with Gasteiger partial charge in [0.1, 0.15) is 6.10 Å². The Bertz CT molecular complexity index is 1090. The molecule has 3 aromatic carbocycles. The van der Waals surface area contributed by atoms with Crippen molar-refractivity contribution in [1.29, 1.82) is 0 Å². The highest BCUT2D eigenvalue weighted by Gasteiger charge is 2.33. The molecule has 0 radical (unpaired) electrons. The number of para-hydroxylation sites is 1. The number of hydrogen-bond donors (Lipinski definition) is 1. The second-order valence-corrected chi connectivity index (χ2v) is 7.44. The van der Waals surface area contributed by atoms with Crippen LogP contribution in [0.25, 0.3) is 11.1 Å². The SMILES string of the molecule is COc1cccc(C2OC(CC(=O)O)c3ccccc3-c3ccc(Cl)cc32)c1OC. The van der Waals surface area contributed by atoms with Crippen molar-refractivity contribution in [2.24, 2.45) is 0 Å². The van der Waals surface area contributed by atoms with Crippen LogP contribution in [0.4, 0.5) is 0 Å². The maximum atomic E-state index is 11.6. The zero-order valence-corrected chi connectivity index (χ0v) is 17.3. The summed E-state index contributed by atoms with van der Waals surface area (Å²) in [7, 11) is 3.14. The van der Waals surface area contributed by atoms with Crippen LogP contribution < -0.4 is 9.47 Å². The monoisotopic (exact) mass is 424 g/mol. The van der Waals surface area contributed by atoms with Crippen LogP contribution in [0.2, 0.25) is 5.02 Å². The third-order valence-electron chi connectivity index (χ3n) is 5.27. The zero-order chi connectivity index (χ0) is 21.3. The summed E-state index contributed by atoms with van der Waals surface area (Å²) in [4.78, 5) is 11.6. The molecular weight excluding hydrogens is 404 g/mol. The number of fused-ring (bicyclic) bond motifs is 3. The van der Waals surface area contributed by atoms with Gasteiger partial charge in [0, 0.05) is 10.6 Å².